The van der Waals surface area contributed by atoms with Gasteiger partial charge >= 0.3 is 0 Å². The van der Waals surface area contributed by atoms with Crippen molar-refractivity contribution in [2.75, 3.05) is 4.90 Å². The third kappa shape index (κ3) is 4.69. The van der Waals surface area contributed by atoms with Gasteiger partial charge in [-0.25, -0.2) is 0 Å². The number of hydrogen-bond acceptors (Lipinski definition) is 4. The molecule has 0 fully saturated rings. The summed E-state index contributed by atoms with van der Waals surface area (Å²) in [6.07, 6.45) is 1.66. The summed E-state index contributed by atoms with van der Waals surface area (Å²) in [5, 5.41) is 20.9. The van der Waals surface area contributed by atoms with Crippen LogP contribution in [0.1, 0.15) is 57.5 Å². The van der Waals surface area contributed by atoms with Crippen molar-refractivity contribution in [1.82, 2.24) is 0 Å². The van der Waals surface area contributed by atoms with Gasteiger partial charge in [-0.1, -0.05) is 84.0 Å². The SMILES string of the molecule is CC(C)(C)c1ccc(N2c3ccc(C(C)(C)C)cc3-c3cccc4c(-c5ccc(C=C(C#N)C#N)s5)ccc2c34)cc1. The second-order valence-corrected chi connectivity index (χ2v) is 14.1. The van der Waals surface area contributed by atoms with Crippen molar-refractivity contribution in [1.29, 1.82) is 10.5 Å². The van der Waals surface area contributed by atoms with Gasteiger partial charge in [-0.05, 0) is 87.0 Å². The van der Waals surface area contributed by atoms with Crippen LogP contribution in [0.2, 0.25) is 0 Å². The molecule has 2 heterocycles. The molecule has 5 aromatic rings. The first-order valence-corrected chi connectivity index (χ1v) is 15.0. The van der Waals surface area contributed by atoms with Gasteiger partial charge in [0.05, 0.1) is 11.4 Å². The fourth-order valence-corrected chi connectivity index (χ4v) is 6.74. The highest BCUT2D eigenvalue weighted by Gasteiger charge is 2.29. The Labute approximate surface area is 252 Å². The monoisotopic (exact) mass is 563 g/mol. The molecule has 42 heavy (non-hydrogen) atoms. The molecule has 0 N–H and O–H groups in total. The number of nitriles is 2. The average Bonchev–Trinajstić information content (AvgIpc) is 3.43. The summed E-state index contributed by atoms with van der Waals surface area (Å²) in [4.78, 5) is 4.40. The molecule has 1 aromatic heterocycles. The molecule has 4 aromatic carbocycles. The van der Waals surface area contributed by atoms with E-state index in [9.17, 15) is 10.5 Å². The van der Waals surface area contributed by atoms with Crippen molar-refractivity contribution in [2.24, 2.45) is 0 Å². The largest absolute Gasteiger partial charge is 0.309 e. The van der Waals surface area contributed by atoms with Crippen molar-refractivity contribution < 1.29 is 0 Å². The molecule has 0 amide bonds. The Morgan fingerprint density at radius 3 is 2.02 bits per heavy atom. The minimum atomic E-state index is 0.0246. The van der Waals surface area contributed by atoms with E-state index in [4.69, 9.17) is 0 Å². The van der Waals surface area contributed by atoms with Crippen LogP contribution < -0.4 is 4.90 Å². The number of anilines is 3. The zero-order valence-corrected chi connectivity index (χ0v) is 25.7. The van der Waals surface area contributed by atoms with Gasteiger partial charge in [0, 0.05) is 26.4 Å². The highest BCUT2D eigenvalue weighted by molar-refractivity contribution is 7.16. The minimum Gasteiger partial charge on any atom is -0.309 e. The molecule has 3 nitrogen and oxygen atoms in total. The molecule has 0 unspecified atom stereocenters. The van der Waals surface area contributed by atoms with E-state index in [-0.39, 0.29) is 16.4 Å². The van der Waals surface area contributed by atoms with E-state index in [2.05, 4.69) is 125 Å². The van der Waals surface area contributed by atoms with E-state index >= 15 is 0 Å². The summed E-state index contributed by atoms with van der Waals surface area (Å²) in [7, 11) is 0. The fourth-order valence-electron chi connectivity index (χ4n) is 5.75. The maximum atomic E-state index is 9.23. The lowest BCUT2D eigenvalue weighted by molar-refractivity contribution is 0.590. The molecule has 0 bridgehead atoms. The molecular weight excluding hydrogens is 531 g/mol. The second-order valence-electron chi connectivity index (χ2n) is 13.0. The number of nitrogens with zero attached hydrogens (tertiary/aromatic N) is 3. The summed E-state index contributed by atoms with van der Waals surface area (Å²) < 4.78 is 0. The number of benzene rings is 4. The molecule has 4 heteroatoms. The Hall–Kier alpha value is -4.64. The molecule has 1 aliphatic heterocycles. The van der Waals surface area contributed by atoms with Crippen molar-refractivity contribution in [3.63, 3.8) is 0 Å². The third-order valence-electron chi connectivity index (χ3n) is 8.06. The Morgan fingerprint density at radius 1 is 0.690 bits per heavy atom. The molecule has 0 aliphatic carbocycles. The van der Waals surface area contributed by atoms with E-state index < -0.39 is 0 Å². The highest BCUT2D eigenvalue weighted by Crippen LogP contribution is 2.53. The minimum absolute atomic E-state index is 0.0246. The van der Waals surface area contributed by atoms with E-state index in [0.717, 1.165) is 26.7 Å². The lowest BCUT2D eigenvalue weighted by Gasteiger charge is -2.35. The topological polar surface area (TPSA) is 50.8 Å². The van der Waals surface area contributed by atoms with E-state index in [1.807, 2.05) is 18.2 Å². The number of allylic oxidation sites excluding steroid dienone is 1. The van der Waals surface area contributed by atoms with Crippen molar-refractivity contribution in [3.05, 3.63) is 107 Å². The summed E-state index contributed by atoms with van der Waals surface area (Å²) >= 11 is 1.60. The van der Waals surface area contributed by atoms with Gasteiger partial charge in [-0.2, -0.15) is 10.5 Å². The van der Waals surface area contributed by atoms with Crippen LogP contribution in [0, 0.1) is 22.7 Å². The van der Waals surface area contributed by atoms with Crippen molar-refractivity contribution >= 4 is 45.2 Å². The molecule has 6 rings (SSSR count). The van der Waals surface area contributed by atoms with Crippen LogP contribution in [-0.4, -0.2) is 0 Å². The zero-order chi connectivity index (χ0) is 29.8. The van der Waals surface area contributed by atoms with Gasteiger partial charge in [-0.3, -0.25) is 0 Å². The van der Waals surface area contributed by atoms with Crippen LogP contribution in [-0.2, 0) is 10.8 Å². The third-order valence-corrected chi connectivity index (χ3v) is 9.13. The standard InChI is InChI=1S/C38H33N3S/c1-37(2,3)25-10-13-27(14-11-25)41-33-17-12-26(38(4,5)6)21-32(33)31-9-7-8-30-29(16-18-34(41)36(30)31)35-19-15-28(42-35)20-24(22-39)23-40/h7-21H,1-6H3. The molecule has 0 saturated carbocycles. The van der Waals surface area contributed by atoms with Crippen LogP contribution in [0.25, 0.3) is 38.4 Å². The molecular formula is C38H33N3S. The Kier molecular flexibility index (Phi) is 6.57. The lowest BCUT2D eigenvalue weighted by atomic mass is 9.82. The lowest BCUT2D eigenvalue weighted by Crippen LogP contribution is -2.18. The first kappa shape index (κ1) is 27.5. The first-order valence-electron chi connectivity index (χ1n) is 14.2. The molecule has 206 valence electrons. The van der Waals surface area contributed by atoms with Gasteiger partial charge in [0.25, 0.3) is 0 Å². The van der Waals surface area contributed by atoms with Crippen LogP contribution in [0.4, 0.5) is 17.1 Å². The Morgan fingerprint density at radius 2 is 1.36 bits per heavy atom. The van der Waals surface area contributed by atoms with Gasteiger partial charge in [0.1, 0.15) is 17.7 Å². The van der Waals surface area contributed by atoms with E-state index in [1.54, 1.807) is 17.4 Å². The summed E-state index contributed by atoms with van der Waals surface area (Å²) in [6, 6.07) is 35.0. The summed E-state index contributed by atoms with van der Waals surface area (Å²) in [5.41, 5.74) is 9.94. The number of fused-ring (bicyclic) bond motifs is 2. The Bertz CT molecular complexity index is 1950. The van der Waals surface area contributed by atoms with Crippen LogP contribution in [0.15, 0.2) is 90.5 Å². The van der Waals surface area contributed by atoms with Crippen molar-refractivity contribution in [3.8, 4) is 33.7 Å². The predicted octanol–water partition coefficient (Wildman–Crippen LogP) is 11.0. The highest BCUT2D eigenvalue weighted by atomic mass is 32.1. The fraction of sp³-hybridized carbons (Fsp3) is 0.211. The van der Waals surface area contributed by atoms with Crippen LogP contribution >= 0.6 is 11.3 Å². The van der Waals surface area contributed by atoms with Crippen LogP contribution in [0.5, 0.6) is 0 Å². The van der Waals surface area contributed by atoms with Crippen LogP contribution in [0.3, 0.4) is 0 Å². The molecule has 0 saturated heterocycles. The predicted molar refractivity (Wildman–Crippen MR) is 178 cm³/mol. The molecule has 0 radical (unpaired) electrons. The quantitative estimate of drug-likeness (QED) is 0.201. The number of hydrogen-bond donors (Lipinski definition) is 0. The summed E-state index contributed by atoms with van der Waals surface area (Å²) in [6.45, 7) is 13.5. The van der Waals surface area contributed by atoms with Gasteiger partial charge in [0.2, 0.25) is 0 Å². The maximum Gasteiger partial charge on any atom is 0.131 e. The Balaban J connectivity index is 1.60. The first-order chi connectivity index (χ1) is 20.0. The van der Waals surface area contributed by atoms with Crippen molar-refractivity contribution in [2.45, 2.75) is 52.4 Å². The maximum absolute atomic E-state index is 9.23. The van der Waals surface area contributed by atoms with Gasteiger partial charge in [-0.15, -0.1) is 11.3 Å². The summed E-state index contributed by atoms with van der Waals surface area (Å²) in [5.74, 6) is 0. The average molecular weight is 564 g/mol. The van der Waals surface area contributed by atoms with Gasteiger partial charge in [0.15, 0.2) is 0 Å². The normalized spacial score (nSPS) is 12.4. The van der Waals surface area contributed by atoms with Gasteiger partial charge < -0.3 is 4.90 Å². The molecule has 0 spiro atoms. The number of thiophene rings is 1. The molecule has 0 atom stereocenters. The zero-order valence-electron chi connectivity index (χ0n) is 24.9. The molecule has 1 aliphatic rings. The smallest absolute Gasteiger partial charge is 0.131 e. The second kappa shape index (κ2) is 10.0. The van der Waals surface area contributed by atoms with E-state index in [1.165, 1.54) is 38.7 Å². The number of rotatable bonds is 3. The van der Waals surface area contributed by atoms with E-state index in [0.29, 0.717) is 0 Å².